The minimum Gasteiger partial charge on any atom is -0.383 e. The lowest BCUT2D eigenvalue weighted by Crippen LogP contribution is -2.24. The van der Waals surface area contributed by atoms with Gasteiger partial charge in [0.2, 0.25) is 0 Å². The van der Waals surface area contributed by atoms with Crippen LogP contribution in [0.15, 0.2) is 18.3 Å². The van der Waals surface area contributed by atoms with Crippen LogP contribution in [-0.2, 0) is 6.04 Å². The third-order valence-corrected chi connectivity index (χ3v) is 3.09. The molecule has 0 atom stereocenters. The molecule has 3 heteroatoms. The fourth-order valence-electron chi connectivity index (χ4n) is 1.17. The highest BCUT2D eigenvalue weighted by atomic mass is 28.3. The van der Waals surface area contributed by atoms with E-state index in [1.165, 1.54) is 5.56 Å². The van der Waals surface area contributed by atoms with Crippen LogP contribution in [0.2, 0.25) is 19.6 Å². The van der Waals surface area contributed by atoms with Crippen LogP contribution >= 0.6 is 0 Å². The fourth-order valence-corrected chi connectivity index (χ4v) is 2.61. The first-order valence-electron chi connectivity index (χ1n) is 4.18. The van der Waals surface area contributed by atoms with E-state index in [2.05, 4.69) is 30.7 Å². The summed E-state index contributed by atoms with van der Waals surface area (Å²) in [6.45, 7) is 7.00. The molecular weight excluding hydrogens is 164 g/mol. The third kappa shape index (κ3) is 2.66. The molecular formula is C9H16N2Si. The molecule has 1 rings (SSSR count). The topological polar surface area (TPSA) is 38.9 Å². The van der Waals surface area contributed by atoms with Gasteiger partial charge in [-0.3, -0.25) is 0 Å². The number of hydrogen-bond donors (Lipinski definition) is 1. The maximum atomic E-state index is 5.74. The Bertz CT molecular complexity index is 265. The normalized spacial score (nSPS) is 11.6. The van der Waals surface area contributed by atoms with Crippen molar-refractivity contribution < 1.29 is 0 Å². The number of rotatable bonds is 2. The molecule has 0 saturated carbocycles. The van der Waals surface area contributed by atoms with Crippen molar-refractivity contribution in [2.45, 2.75) is 25.7 Å². The van der Waals surface area contributed by atoms with Crippen molar-refractivity contribution >= 4 is 13.9 Å². The Morgan fingerprint density at radius 1 is 1.42 bits per heavy atom. The lowest BCUT2D eigenvalue weighted by Gasteiger charge is -2.16. The van der Waals surface area contributed by atoms with Gasteiger partial charge in [-0.15, -0.1) is 0 Å². The van der Waals surface area contributed by atoms with Gasteiger partial charge >= 0.3 is 0 Å². The Kier molecular flexibility index (Phi) is 2.52. The summed E-state index contributed by atoms with van der Waals surface area (Å²) in [4.78, 5) is 4.06. The van der Waals surface area contributed by atoms with Crippen LogP contribution in [0.3, 0.4) is 0 Å². The Hall–Kier alpha value is -0.833. The molecule has 1 aromatic heterocycles. The zero-order chi connectivity index (χ0) is 9.19. The summed E-state index contributed by atoms with van der Waals surface area (Å²) in [5, 5.41) is 0. The maximum Gasteiger partial charge on any atom is 0.126 e. The molecule has 1 heterocycles. The summed E-state index contributed by atoms with van der Waals surface area (Å²) >= 11 is 0. The SMILES string of the molecule is C[Si](C)(C)Cc1cccnc1N. The predicted octanol–water partition coefficient (Wildman–Crippen LogP) is 2.08. The number of aromatic nitrogens is 1. The molecule has 0 aliphatic carbocycles. The molecule has 0 fully saturated rings. The zero-order valence-electron chi connectivity index (χ0n) is 7.96. The van der Waals surface area contributed by atoms with Crippen molar-refractivity contribution in [3.63, 3.8) is 0 Å². The van der Waals surface area contributed by atoms with E-state index in [9.17, 15) is 0 Å². The first-order valence-corrected chi connectivity index (χ1v) is 7.89. The van der Waals surface area contributed by atoms with Crippen molar-refractivity contribution in [1.29, 1.82) is 0 Å². The first kappa shape index (κ1) is 9.26. The summed E-state index contributed by atoms with van der Waals surface area (Å²) < 4.78 is 0. The molecule has 0 aliphatic heterocycles. The van der Waals surface area contributed by atoms with Crippen LogP contribution in [0.1, 0.15) is 5.56 Å². The third-order valence-electron chi connectivity index (χ3n) is 1.65. The predicted molar refractivity (Wildman–Crippen MR) is 55.7 cm³/mol. The Balaban J connectivity index is 2.83. The van der Waals surface area contributed by atoms with Crippen LogP contribution in [0.25, 0.3) is 0 Å². The molecule has 66 valence electrons. The quantitative estimate of drug-likeness (QED) is 0.708. The van der Waals surface area contributed by atoms with E-state index in [-0.39, 0.29) is 0 Å². The summed E-state index contributed by atoms with van der Waals surface area (Å²) in [5.41, 5.74) is 6.94. The zero-order valence-corrected chi connectivity index (χ0v) is 8.96. The molecule has 0 saturated heterocycles. The lowest BCUT2D eigenvalue weighted by molar-refractivity contribution is 1.22. The second-order valence-electron chi connectivity index (χ2n) is 4.29. The molecule has 0 radical (unpaired) electrons. The van der Waals surface area contributed by atoms with Gasteiger partial charge in [0.05, 0.1) is 0 Å². The molecule has 0 spiro atoms. The molecule has 1 aromatic rings. The van der Waals surface area contributed by atoms with Crippen LogP contribution in [-0.4, -0.2) is 13.1 Å². The number of nitrogen functional groups attached to an aromatic ring is 1. The van der Waals surface area contributed by atoms with E-state index in [1.54, 1.807) is 6.20 Å². The van der Waals surface area contributed by atoms with Crippen LogP contribution < -0.4 is 5.73 Å². The Labute approximate surface area is 74.8 Å². The average molecular weight is 180 g/mol. The Morgan fingerprint density at radius 2 is 2.08 bits per heavy atom. The van der Waals surface area contributed by atoms with E-state index in [4.69, 9.17) is 5.73 Å². The van der Waals surface area contributed by atoms with Gasteiger partial charge in [-0.1, -0.05) is 25.7 Å². The molecule has 0 amide bonds. The van der Waals surface area contributed by atoms with Gasteiger partial charge in [0, 0.05) is 14.3 Å². The van der Waals surface area contributed by atoms with Gasteiger partial charge in [-0.2, -0.15) is 0 Å². The smallest absolute Gasteiger partial charge is 0.126 e. The largest absolute Gasteiger partial charge is 0.383 e. The fraction of sp³-hybridized carbons (Fsp3) is 0.444. The van der Waals surface area contributed by atoms with Gasteiger partial charge < -0.3 is 5.73 Å². The van der Waals surface area contributed by atoms with Crippen LogP contribution in [0, 0.1) is 0 Å². The van der Waals surface area contributed by atoms with E-state index < -0.39 is 8.07 Å². The van der Waals surface area contributed by atoms with Crippen molar-refractivity contribution in [2.75, 3.05) is 5.73 Å². The summed E-state index contributed by atoms with van der Waals surface area (Å²) in [5.74, 6) is 0.694. The summed E-state index contributed by atoms with van der Waals surface area (Å²) in [7, 11) is -1.05. The van der Waals surface area contributed by atoms with Crippen molar-refractivity contribution in [1.82, 2.24) is 4.98 Å². The van der Waals surface area contributed by atoms with Crippen LogP contribution in [0.5, 0.6) is 0 Å². The van der Waals surface area contributed by atoms with Gasteiger partial charge in [-0.05, 0) is 17.7 Å². The molecule has 2 nitrogen and oxygen atoms in total. The van der Waals surface area contributed by atoms with Crippen molar-refractivity contribution in [3.8, 4) is 0 Å². The van der Waals surface area contributed by atoms with Crippen molar-refractivity contribution in [2.24, 2.45) is 0 Å². The van der Waals surface area contributed by atoms with Gasteiger partial charge in [-0.25, -0.2) is 4.98 Å². The minimum absolute atomic E-state index is 0.694. The highest BCUT2D eigenvalue weighted by Crippen LogP contribution is 2.14. The summed E-state index contributed by atoms with van der Waals surface area (Å²) in [6, 6.07) is 5.14. The summed E-state index contributed by atoms with van der Waals surface area (Å²) in [6.07, 6.45) is 1.74. The van der Waals surface area contributed by atoms with Gasteiger partial charge in [0.25, 0.3) is 0 Å². The second-order valence-corrected chi connectivity index (χ2v) is 9.76. The second kappa shape index (κ2) is 3.27. The molecule has 0 aliphatic rings. The number of nitrogens with zero attached hydrogens (tertiary/aromatic N) is 1. The minimum atomic E-state index is -1.05. The molecule has 2 N–H and O–H groups in total. The highest BCUT2D eigenvalue weighted by Gasteiger charge is 2.15. The first-order chi connectivity index (χ1) is 5.49. The Morgan fingerprint density at radius 3 is 2.58 bits per heavy atom. The van der Waals surface area contributed by atoms with E-state index in [0.717, 1.165) is 6.04 Å². The number of hydrogen-bond acceptors (Lipinski definition) is 2. The van der Waals surface area contributed by atoms with E-state index >= 15 is 0 Å². The number of pyridine rings is 1. The molecule has 0 aromatic carbocycles. The van der Waals surface area contributed by atoms with Gasteiger partial charge in [0.1, 0.15) is 5.82 Å². The number of nitrogens with two attached hydrogens (primary N) is 1. The van der Waals surface area contributed by atoms with E-state index in [0.29, 0.717) is 5.82 Å². The number of anilines is 1. The molecule has 0 bridgehead atoms. The molecule has 12 heavy (non-hydrogen) atoms. The lowest BCUT2D eigenvalue weighted by atomic mass is 10.3. The highest BCUT2D eigenvalue weighted by molar-refractivity contribution is 6.75. The molecule has 0 unspecified atom stereocenters. The monoisotopic (exact) mass is 180 g/mol. The maximum absolute atomic E-state index is 5.74. The van der Waals surface area contributed by atoms with Gasteiger partial charge in [0.15, 0.2) is 0 Å². The van der Waals surface area contributed by atoms with Crippen molar-refractivity contribution in [3.05, 3.63) is 23.9 Å². The van der Waals surface area contributed by atoms with Crippen LogP contribution in [0.4, 0.5) is 5.82 Å². The standard InChI is InChI=1S/C9H16N2Si/c1-12(2,3)7-8-5-4-6-11-9(8)10/h4-6H,7H2,1-3H3,(H2,10,11). The van der Waals surface area contributed by atoms with E-state index in [1.807, 2.05) is 6.07 Å². The average Bonchev–Trinajstić information content (AvgIpc) is 1.91.